The van der Waals surface area contributed by atoms with Gasteiger partial charge < -0.3 is 10.1 Å². The summed E-state index contributed by atoms with van der Waals surface area (Å²) in [6.07, 6.45) is -0.164. The monoisotopic (exact) mass is 351 g/mol. The Balaban J connectivity index is 1.85. The molecule has 6 nitrogen and oxygen atoms in total. The van der Waals surface area contributed by atoms with E-state index >= 15 is 0 Å². The maximum atomic E-state index is 11.9. The minimum absolute atomic E-state index is 0.139. The first-order valence-corrected chi connectivity index (χ1v) is 8.78. The summed E-state index contributed by atoms with van der Waals surface area (Å²) < 4.78 is 5.87. The zero-order chi connectivity index (χ0) is 16.8. The first-order chi connectivity index (χ1) is 10.9. The molecular weight excluding hydrogens is 334 g/mol. The number of carbonyl (C=O) groups is 2. The third-order valence-corrected chi connectivity index (χ3v) is 4.55. The molecule has 23 heavy (non-hydrogen) atoms. The third-order valence-electron chi connectivity index (χ3n) is 2.58. The van der Waals surface area contributed by atoms with Crippen molar-refractivity contribution in [1.29, 1.82) is 0 Å². The van der Waals surface area contributed by atoms with Crippen LogP contribution in [0.15, 0.2) is 28.6 Å². The molecule has 0 radical (unpaired) electrons. The molecule has 1 heterocycles. The van der Waals surface area contributed by atoms with Crippen molar-refractivity contribution >= 4 is 40.7 Å². The number of carbonyl (C=O) groups excluding carboxylic acids is 2. The highest BCUT2D eigenvalue weighted by molar-refractivity contribution is 8.01. The van der Waals surface area contributed by atoms with Crippen molar-refractivity contribution in [3.63, 3.8) is 0 Å². The van der Waals surface area contributed by atoms with Crippen molar-refractivity contribution in [3.8, 4) is 0 Å². The van der Waals surface area contributed by atoms with Gasteiger partial charge in [-0.25, -0.2) is 4.79 Å². The molecule has 1 amide bonds. The maximum Gasteiger partial charge on any atom is 0.338 e. The van der Waals surface area contributed by atoms with Crippen LogP contribution in [-0.2, 0) is 9.53 Å². The summed E-state index contributed by atoms with van der Waals surface area (Å²) in [4.78, 5) is 23.6. The van der Waals surface area contributed by atoms with Crippen molar-refractivity contribution in [1.82, 2.24) is 10.2 Å². The normalized spacial score (nSPS) is 10.6. The van der Waals surface area contributed by atoms with Crippen LogP contribution in [0.4, 0.5) is 5.69 Å². The fourth-order valence-electron chi connectivity index (χ4n) is 1.63. The summed E-state index contributed by atoms with van der Waals surface area (Å²) in [6, 6.07) is 6.60. The number of amides is 1. The molecule has 0 saturated heterocycles. The molecule has 0 aliphatic rings. The molecule has 1 aromatic heterocycles. The highest BCUT2D eigenvalue weighted by Gasteiger charge is 2.10. The molecule has 2 aromatic rings. The lowest BCUT2D eigenvalue weighted by molar-refractivity contribution is -0.113. The van der Waals surface area contributed by atoms with E-state index in [4.69, 9.17) is 4.74 Å². The first kappa shape index (κ1) is 17.4. The number of esters is 1. The highest BCUT2D eigenvalue weighted by Crippen LogP contribution is 2.22. The number of rotatable bonds is 6. The van der Waals surface area contributed by atoms with Crippen LogP contribution in [0.5, 0.6) is 0 Å². The van der Waals surface area contributed by atoms with E-state index in [-0.39, 0.29) is 23.7 Å². The van der Waals surface area contributed by atoms with E-state index in [9.17, 15) is 9.59 Å². The standard InChI is InChI=1S/C15H17N3O3S2/c1-9(2)21-14(20)11-4-6-12(7-5-11)16-13(19)8-22-15-18-17-10(3)23-15/h4-7,9H,8H2,1-3H3,(H,16,19). The van der Waals surface area contributed by atoms with Crippen LogP contribution in [0.1, 0.15) is 29.2 Å². The van der Waals surface area contributed by atoms with Gasteiger partial charge in [-0.05, 0) is 45.0 Å². The van der Waals surface area contributed by atoms with Gasteiger partial charge in [-0.3, -0.25) is 4.79 Å². The molecule has 0 atom stereocenters. The number of aromatic nitrogens is 2. The van der Waals surface area contributed by atoms with Gasteiger partial charge in [-0.1, -0.05) is 23.1 Å². The van der Waals surface area contributed by atoms with Gasteiger partial charge in [0.1, 0.15) is 5.01 Å². The van der Waals surface area contributed by atoms with Gasteiger partial charge in [0, 0.05) is 5.69 Å². The summed E-state index contributed by atoms with van der Waals surface area (Å²) in [5.41, 5.74) is 1.08. The lowest BCUT2D eigenvalue weighted by atomic mass is 10.2. The fraction of sp³-hybridized carbons (Fsp3) is 0.333. The smallest absolute Gasteiger partial charge is 0.338 e. The number of nitrogens with zero attached hydrogens (tertiary/aromatic N) is 2. The predicted molar refractivity (Wildman–Crippen MR) is 91.0 cm³/mol. The average molecular weight is 351 g/mol. The number of nitrogens with one attached hydrogen (secondary N) is 1. The SMILES string of the molecule is Cc1nnc(SCC(=O)Nc2ccc(C(=O)OC(C)C)cc2)s1. The van der Waals surface area contributed by atoms with Crippen molar-refractivity contribution in [2.45, 2.75) is 31.2 Å². The van der Waals surface area contributed by atoms with Crippen LogP contribution in [0.2, 0.25) is 0 Å². The van der Waals surface area contributed by atoms with Gasteiger partial charge in [0.05, 0.1) is 17.4 Å². The van der Waals surface area contributed by atoms with E-state index in [1.807, 2.05) is 6.92 Å². The molecule has 0 bridgehead atoms. The van der Waals surface area contributed by atoms with Gasteiger partial charge in [-0.2, -0.15) is 0 Å². The Morgan fingerprint density at radius 3 is 2.52 bits per heavy atom. The summed E-state index contributed by atoms with van der Waals surface area (Å²) >= 11 is 2.80. The second-order valence-corrected chi connectivity index (χ2v) is 7.36. The summed E-state index contributed by atoms with van der Waals surface area (Å²) in [7, 11) is 0. The minimum Gasteiger partial charge on any atom is -0.459 e. The molecule has 0 aliphatic heterocycles. The van der Waals surface area contributed by atoms with Crippen LogP contribution in [-0.4, -0.2) is 33.9 Å². The van der Waals surface area contributed by atoms with Crippen LogP contribution in [0.3, 0.4) is 0 Å². The van der Waals surface area contributed by atoms with Crippen molar-refractivity contribution in [3.05, 3.63) is 34.8 Å². The molecule has 1 N–H and O–H groups in total. The Morgan fingerprint density at radius 1 is 1.26 bits per heavy atom. The van der Waals surface area contributed by atoms with Crippen LogP contribution in [0, 0.1) is 6.92 Å². The van der Waals surface area contributed by atoms with Gasteiger partial charge in [-0.15, -0.1) is 10.2 Å². The highest BCUT2D eigenvalue weighted by atomic mass is 32.2. The lowest BCUT2D eigenvalue weighted by Crippen LogP contribution is -2.14. The van der Waals surface area contributed by atoms with Gasteiger partial charge in [0.15, 0.2) is 4.34 Å². The van der Waals surface area contributed by atoms with Crippen LogP contribution < -0.4 is 5.32 Å². The summed E-state index contributed by atoms with van der Waals surface area (Å²) in [6.45, 7) is 5.46. The molecule has 0 fully saturated rings. The van der Waals surface area contributed by atoms with Crippen LogP contribution >= 0.6 is 23.1 Å². The van der Waals surface area contributed by atoms with E-state index in [1.54, 1.807) is 38.1 Å². The second-order valence-electron chi connectivity index (χ2n) is 4.96. The Hall–Kier alpha value is -1.93. The molecule has 8 heteroatoms. The van der Waals surface area contributed by atoms with E-state index in [1.165, 1.54) is 23.1 Å². The molecule has 2 rings (SSSR count). The van der Waals surface area contributed by atoms with Gasteiger partial charge >= 0.3 is 5.97 Å². The average Bonchev–Trinajstić information content (AvgIpc) is 2.91. The van der Waals surface area contributed by atoms with Gasteiger partial charge in [0.25, 0.3) is 0 Å². The molecule has 122 valence electrons. The Bertz CT molecular complexity index is 684. The second kappa shape index (κ2) is 8.07. The van der Waals surface area contributed by atoms with Crippen molar-refractivity contribution in [2.24, 2.45) is 0 Å². The van der Waals surface area contributed by atoms with E-state index in [0.29, 0.717) is 11.3 Å². The van der Waals surface area contributed by atoms with Crippen molar-refractivity contribution < 1.29 is 14.3 Å². The molecule has 1 aromatic carbocycles. The number of hydrogen-bond acceptors (Lipinski definition) is 7. The van der Waals surface area contributed by atoms with Crippen molar-refractivity contribution in [2.75, 3.05) is 11.1 Å². The van der Waals surface area contributed by atoms with E-state index in [2.05, 4.69) is 15.5 Å². The Morgan fingerprint density at radius 2 is 1.96 bits per heavy atom. The Kier molecular flexibility index (Phi) is 6.12. The quantitative estimate of drug-likeness (QED) is 0.636. The van der Waals surface area contributed by atoms with E-state index < -0.39 is 0 Å². The van der Waals surface area contributed by atoms with E-state index in [0.717, 1.165) is 9.35 Å². The molecule has 0 saturated carbocycles. The molecular formula is C15H17N3O3S2. The molecule has 0 unspecified atom stereocenters. The first-order valence-electron chi connectivity index (χ1n) is 6.98. The maximum absolute atomic E-state index is 11.9. The predicted octanol–water partition coefficient (Wildman–Crippen LogP) is 3.14. The number of ether oxygens (including phenoxy) is 1. The fourth-order valence-corrected chi connectivity index (χ4v) is 3.25. The number of benzene rings is 1. The van der Waals surface area contributed by atoms with Gasteiger partial charge in [0.2, 0.25) is 5.91 Å². The third kappa shape index (κ3) is 5.65. The molecule has 0 aliphatic carbocycles. The number of anilines is 1. The number of thioether (sulfide) groups is 1. The largest absolute Gasteiger partial charge is 0.459 e. The topological polar surface area (TPSA) is 81.2 Å². The zero-order valence-corrected chi connectivity index (χ0v) is 14.7. The number of aryl methyl sites for hydroxylation is 1. The lowest BCUT2D eigenvalue weighted by Gasteiger charge is -2.08. The summed E-state index contributed by atoms with van der Waals surface area (Å²) in [5, 5.41) is 11.5. The Labute approximate surface area is 142 Å². The van der Waals surface area contributed by atoms with Crippen LogP contribution in [0.25, 0.3) is 0 Å². The zero-order valence-electron chi connectivity index (χ0n) is 13.0. The minimum atomic E-state index is -0.375. The summed E-state index contributed by atoms with van der Waals surface area (Å²) in [5.74, 6) is -0.258. The molecule has 0 spiro atoms. The number of hydrogen-bond donors (Lipinski definition) is 1.